The zero-order chi connectivity index (χ0) is 16.9. The lowest BCUT2D eigenvalue weighted by molar-refractivity contribution is -0.142. The summed E-state index contributed by atoms with van der Waals surface area (Å²) in [6.07, 6.45) is 2.76. The molecule has 0 radical (unpaired) electrons. The van der Waals surface area contributed by atoms with Crippen LogP contribution in [0.1, 0.15) is 37.2 Å². The number of nitrogens with one attached hydrogen (secondary N) is 1. The van der Waals surface area contributed by atoms with Crippen molar-refractivity contribution in [3.8, 4) is 0 Å². The van der Waals surface area contributed by atoms with Gasteiger partial charge in [-0.1, -0.05) is 11.8 Å². The van der Waals surface area contributed by atoms with E-state index >= 15 is 0 Å². The largest absolute Gasteiger partial charge is 0.481 e. The van der Waals surface area contributed by atoms with Crippen molar-refractivity contribution >= 4 is 23.6 Å². The second-order valence-electron chi connectivity index (χ2n) is 5.34. The number of carbonyl (C=O) groups is 2. The van der Waals surface area contributed by atoms with E-state index in [1.54, 1.807) is 13.8 Å². The molecule has 0 spiro atoms. The minimum absolute atomic E-state index is 0.159. The number of carboxylic acid groups (broad SMARTS) is 1. The molecule has 2 unspecified atom stereocenters. The Morgan fingerprint density at radius 2 is 1.77 bits per heavy atom. The van der Waals surface area contributed by atoms with Crippen molar-refractivity contribution < 1.29 is 14.7 Å². The SMILES string of the molecule is CSc1nc(C)c(CCC(=O)NC(C)C(C)C(=O)O)c(C)n1. The lowest BCUT2D eigenvalue weighted by Crippen LogP contribution is -2.40. The Bertz CT molecular complexity index is 540. The van der Waals surface area contributed by atoms with Crippen molar-refractivity contribution in [1.29, 1.82) is 0 Å². The van der Waals surface area contributed by atoms with Crippen LogP contribution in [-0.2, 0) is 16.0 Å². The van der Waals surface area contributed by atoms with Crippen LogP contribution in [0.2, 0.25) is 0 Å². The highest BCUT2D eigenvalue weighted by Crippen LogP contribution is 2.17. The Kier molecular flexibility index (Phi) is 6.80. The third-order valence-electron chi connectivity index (χ3n) is 3.71. The molecule has 1 aromatic rings. The lowest BCUT2D eigenvalue weighted by Gasteiger charge is -2.18. The van der Waals surface area contributed by atoms with Gasteiger partial charge in [0, 0.05) is 23.9 Å². The first-order chi connectivity index (χ1) is 10.3. The number of aromatic nitrogens is 2. The number of aliphatic carboxylic acids is 1. The average Bonchev–Trinajstić information content (AvgIpc) is 2.44. The molecule has 1 rings (SSSR count). The molecule has 0 fully saturated rings. The molecule has 0 aromatic carbocycles. The molecule has 22 heavy (non-hydrogen) atoms. The number of amides is 1. The van der Waals surface area contributed by atoms with Crippen molar-refractivity contribution in [2.75, 3.05) is 6.26 Å². The van der Waals surface area contributed by atoms with Crippen LogP contribution in [0.4, 0.5) is 0 Å². The van der Waals surface area contributed by atoms with Gasteiger partial charge in [0.1, 0.15) is 0 Å². The first-order valence-electron chi connectivity index (χ1n) is 7.16. The molecule has 0 saturated carbocycles. The summed E-state index contributed by atoms with van der Waals surface area (Å²) in [5.41, 5.74) is 2.75. The Hall–Kier alpha value is -1.63. The van der Waals surface area contributed by atoms with Crippen LogP contribution >= 0.6 is 11.8 Å². The number of nitrogens with zero attached hydrogens (tertiary/aromatic N) is 2. The van der Waals surface area contributed by atoms with Gasteiger partial charge in [0.25, 0.3) is 0 Å². The quantitative estimate of drug-likeness (QED) is 0.588. The molecule has 2 atom stereocenters. The van der Waals surface area contributed by atoms with Crippen LogP contribution in [-0.4, -0.2) is 39.2 Å². The summed E-state index contributed by atoms with van der Waals surface area (Å²) >= 11 is 1.49. The number of aryl methyl sites for hydroxylation is 2. The number of rotatable bonds is 7. The number of hydrogen-bond donors (Lipinski definition) is 2. The maximum atomic E-state index is 12.0. The molecule has 0 aliphatic heterocycles. The summed E-state index contributed by atoms with van der Waals surface area (Å²) in [7, 11) is 0. The van der Waals surface area contributed by atoms with Gasteiger partial charge < -0.3 is 10.4 Å². The molecule has 0 aliphatic carbocycles. The van der Waals surface area contributed by atoms with Crippen LogP contribution in [0.25, 0.3) is 0 Å². The predicted octanol–water partition coefficient (Wildman–Crippen LogP) is 1.97. The van der Waals surface area contributed by atoms with Gasteiger partial charge in [0.15, 0.2) is 5.16 Å². The number of thioether (sulfide) groups is 1. The van der Waals surface area contributed by atoms with Crippen LogP contribution in [0.3, 0.4) is 0 Å². The second-order valence-corrected chi connectivity index (χ2v) is 6.12. The molecule has 1 aromatic heterocycles. The van der Waals surface area contributed by atoms with E-state index in [-0.39, 0.29) is 5.91 Å². The van der Waals surface area contributed by atoms with Crippen LogP contribution < -0.4 is 5.32 Å². The van der Waals surface area contributed by atoms with Gasteiger partial charge in [-0.25, -0.2) is 9.97 Å². The van der Waals surface area contributed by atoms with Crippen LogP contribution in [0, 0.1) is 19.8 Å². The zero-order valence-corrected chi connectivity index (χ0v) is 14.5. The van der Waals surface area contributed by atoms with Crippen molar-refractivity contribution in [1.82, 2.24) is 15.3 Å². The molecular weight excluding hydrogens is 302 g/mol. The summed E-state index contributed by atoms with van der Waals surface area (Å²) in [4.78, 5) is 31.6. The lowest BCUT2D eigenvalue weighted by atomic mass is 10.0. The van der Waals surface area contributed by atoms with Gasteiger partial charge in [0.05, 0.1) is 5.92 Å². The third-order valence-corrected chi connectivity index (χ3v) is 4.26. The van der Waals surface area contributed by atoms with Crippen molar-refractivity contribution in [2.45, 2.75) is 51.7 Å². The highest BCUT2D eigenvalue weighted by Gasteiger charge is 2.21. The Balaban J connectivity index is 2.63. The highest BCUT2D eigenvalue weighted by atomic mass is 32.2. The molecule has 0 aliphatic rings. The second kappa shape index (κ2) is 8.12. The molecule has 0 bridgehead atoms. The maximum absolute atomic E-state index is 12.0. The van der Waals surface area contributed by atoms with Gasteiger partial charge in [-0.05, 0) is 45.9 Å². The van der Waals surface area contributed by atoms with E-state index in [2.05, 4.69) is 15.3 Å². The fourth-order valence-corrected chi connectivity index (χ4v) is 2.52. The number of hydrogen-bond acceptors (Lipinski definition) is 5. The minimum Gasteiger partial charge on any atom is -0.481 e. The molecule has 2 N–H and O–H groups in total. The maximum Gasteiger partial charge on any atom is 0.308 e. The van der Waals surface area contributed by atoms with Crippen LogP contribution in [0.15, 0.2) is 5.16 Å². The van der Waals surface area contributed by atoms with E-state index in [9.17, 15) is 9.59 Å². The molecule has 0 saturated heterocycles. The fourth-order valence-electron chi connectivity index (χ4n) is 2.07. The normalized spacial score (nSPS) is 13.5. The van der Waals surface area contributed by atoms with Crippen molar-refractivity contribution in [2.24, 2.45) is 5.92 Å². The van der Waals surface area contributed by atoms with Crippen LogP contribution in [0.5, 0.6) is 0 Å². The van der Waals surface area contributed by atoms with Crippen molar-refractivity contribution in [3.63, 3.8) is 0 Å². The van der Waals surface area contributed by atoms with E-state index in [0.29, 0.717) is 12.8 Å². The third kappa shape index (κ3) is 4.98. The molecule has 7 heteroatoms. The Morgan fingerprint density at radius 3 is 2.23 bits per heavy atom. The van der Waals surface area contributed by atoms with Gasteiger partial charge in [0.2, 0.25) is 5.91 Å². The van der Waals surface area contributed by atoms with E-state index in [1.165, 1.54) is 11.8 Å². The smallest absolute Gasteiger partial charge is 0.308 e. The summed E-state index contributed by atoms with van der Waals surface area (Å²) in [5.74, 6) is -1.69. The van der Waals surface area contributed by atoms with Crippen molar-refractivity contribution in [3.05, 3.63) is 17.0 Å². The standard InChI is InChI=1S/C15H23N3O3S/c1-8(14(20)21)9(2)16-13(19)7-6-12-10(3)17-15(22-5)18-11(12)4/h8-9H,6-7H2,1-5H3,(H,16,19)(H,20,21). The zero-order valence-electron chi connectivity index (χ0n) is 13.6. The summed E-state index contributed by atoms with van der Waals surface area (Å²) < 4.78 is 0. The average molecular weight is 325 g/mol. The molecule has 6 nitrogen and oxygen atoms in total. The summed E-state index contributed by atoms with van der Waals surface area (Å²) in [6, 6.07) is -0.401. The summed E-state index contributed by atoms with van der Waals surface area (Å²) in [5, 5.41) is 12.4. The topological polar surface area (TPSA) is 92.2 Å². The fraction of sp³-hybridized carbons (Fsp3) is 0.600. The number of carboxylic acids is 1. The predicted molar refractivity (Wildman–Crippen MR) is 86.0 cm³/mol. The first kappa shape index (κ1) is 18.4. The van der Waals surface area contributed by atoms with Gasteiger partial charge in [-0.3, -0.25) is 9.59 Å². The molecule has 122 valence electrons. The van der Waals surface area contributed by atoms with E-state index in [4.69, 9.17) is 5.11 Å². The highest BCUT2D eigenvalue weighted by molar-refractivity contribution is 7.98. The van der Waals surface area contributed by atoms with Gasteiger partial charge in [-0.15, -0.1) is 0 Å². The monoisotopic (exact) mass is 325 g/mol. The van der Waals surface area contributed by atoms with Gasteiger partial charge >= 0.3 is 5.97 Å². The molecule has 1 heterocycles. The Morgan fingerprint density at radius 1 is 1.23 bits per heavy atom. The Labute approximate surface area is 135 Å². The number of carbonyl (C=O) groups excluding carboxylic acids is 1. The van der Waals surface area contributed by atoms with E-state index < -0.39 is 17.9 Å². The minimum atomic E-state index is -0.916. The summed E-state index contributed by atoms with van der Waals surface area (Å²) in [6.45, 7) is 7.10. The molecule has 1 amide bonds. The van der Waals surface area contributed by atoms with E-state index in [0.717, 1.165) is 22.1 Å². The molecular formula is C15H23N3O3S. The van der Waals surface area contributed by atoms with E-state index in [1.807, 2.05) is 20.1 Å². The van der Waals surface area contributed by atoms with Gasteiger partial charge in [-0.2, -0.15) is 0 Å². The first-order valence-corrected chi connectivity index (χ1v) is 8.39.